The van der Waals surface area contributed by atoms with E-state index in [0.717, 1.165) is 13.1 Å². The molecule has 0 radical (unpaired) electrons. The second-order valence-corrected chi connectivity index (χ2v) is 5.44. The van der Waals surface area contributed by atoms with Crippen LogP contribution in [0.3, 0.4) is 0 Å². The monoisotopic (exact) mass is 273 g/mol. The molecule has 1 heterocycles. The molecular formula is C10H19N5O2S. The van der Waals surface area contributed by atoms with Crippen molar-refractivity contribution in [3.8, 4) is 0 Å². The maximum atomic E-state index is 11.9. The highest BCUT2D eigenvalue weighted by atomic mass is 32.1. The van der Waals surface area contributed by atoms with Gasteiger partial charge in [-0.3, -0.25) is 11.1 Å². The SMILES string of the molecule is NC(N=O)NC(S)NC(=O)N1CC2CCCC2C1. The minimum atomic E-state index is -1.06. The first kappa shape index (κ1) is 13.6. The van der Waals surface area contributed by atoms with Crippen molar-refractivity contribution in [3.05, 3.63) is 4.91 Å². The summed E-state index contributed by atoms with van der Waals surface area (Å²) in [7, 11) is 0. The van der Waals surface area contributed by atoms with E-state index >= 15 is 0 Å². The third-order valence-electron chi connectivity index (χ3n) is 3.72. The molecule has 1 aliphatic carbocycles. The van der Waals surface area contributed by atoms with Crippen molar-refractivity contribution < 1.29 is 4.79 Å². The summed E-state index contributed by atoms with van der Waals surface area (Å²) in [5.74, 6) is 1.31. The Bertz CT molecular complexity index is 317. The number of fused-ring (bicyclic) bond motifs is 1. The average molecular weight is 273 g/mol. The number of nitrogens with zero attached hydrogens (tertiary/aromatic N) is 2. The van der Waals surface area contributed by atoms with Gasteiger partial charge in [-0.05, 0) is 29.9 Å². The van der Waals surface area contributed by atoms with Crippen molar-refractivity contribution in [3.63, 3.8) is 0 Å². The van der Waals surface area contributed by atoms with Crippen LogP contribution in [0.5, 0.6) is 0 Å². The molecule has 0 spiro atoms. The van der Waals surface area contributed by atoms with Gasteiger partial charge in [-0.2, -0.15) is 0 Å². The Kier molecular flexibility index (Phi) is 4.41. The van der Waals surface area contributed by atoms with Gasteiger partial charge < -0.3 is 10.2 Å². The van der Waals surface area contributed by atoms with Crippen molar-refractivity contribution in [1.82, 2.24) is 15.5 Å². The first-order chi connectivity index (χ1) is 8.60. The van der Waals surface area contributed by atoms with Crippen LogP contribution < -0.4 is 16.4 Å². The molecule has 4 N–H and O–H groups in total. The third kappa shape index (κ3) is 3.12. The molecule has 8 heteroatoms. The molecule has 102 valence electrons. The number of carbonyl (C=O) groups excluding carboxylic acids is 1. The summed E-state index contributed by atoms with van der Waals surface area (Å²) in [6.45, 7) is 1.63. The maximum absolute atomic E-state index is 11.9. The lowest BCUT2D eigenvalue weighted by Gasteiger charge is -2.22. The topological polar surface area (TPSA) is 99.8 Å². The summed E-state index contributed by atoms with van der Waals surface area (Å²) in [6.07, 6.45) is 2.65. The average Bonchev–Trinajstić information content (AvgIpc) is 2.88. The van der Waals surface area contributed by atoms with Crippen molar-refractivity contribution in [2.24, 2.45) is 22.7 Å². The normalized spacial score (nSPS) is 29.8. The molecule has 1 saturated carbocycles. The van der Waals surface area contributed by atoms with E-state index in [1.807, 2.05) is 0 Å². The lowest BCUT2D eigenvalue weighted by Crippen LogP contribution is -2.52. The molecule has 0 bridgehead atoms. The Balaban J connectivity index is 1.76. The van der Waals surface area contributed by atoms with E-state index in [2.05, 4.69) is 28.4 Å². The fraction of sp³-hybridized carbons (Fsp3) is 0.900. The number of hydrogen-bond donors (Lipinski definition) is 4. The van der Waals surface area contributed by atoms with Crippen molar-refractivity contribution >= 4 is 18.7 Å². The van der Waals surface area contributed by atoms with Gasteiger partial charge in [0.25, 0.3) is 0 Å². The van der Waals surface area contributed by atoms with Gasteiger partial charge in [0, 0.05) is 13.1 Å². The summed E-state index contributed by atoms with van der Waals surface area (Å²) < 4.78 is 0. The molecule has 1 saturated heterocycles. The van der Waals surface area contributed by atoms with Gasteiger partial charge in [0.2, 0.25) is 0 Å². The summed E-state index contributed by atoms with van der Waals surface area (Å²) in [5, 5.41) is 7.76. The summed E-state index contributed by atoms with van der Waals surface area (Å²) in [6, 6.07) is -0.171. The van der Waals surface area contributed by atoms with E-state index in [1.165, 1.54) is 19.3 Å². The number of carbonyl (C=O) groups is 1. The van der Waals surface area contributed by atoms with E-state index in [4.69, 9.17) is 5.73 Å². The molecule has 4 unspecified atom stereocenters. The number of amides is 2. The molecule has 2 aliphatic rings. The Morgan fingerprint density at radius 2 is 2.00 bits per heavy atom. The largest absolute Gasteiger partial charge is 0.324 e. The molecule has 2 fully saturated rings. The Morgan fingerprint density at radius 3 is 2.56 bits per heavy atom. The zero-order valence-electron chi connectivity index (χ0n) is 10.1. The van der Waals surface area contributed by atoms with Crippen molar-refractivity contribution in [1.29, 1.82) is 0 Å². The van der Waals surface area contributed by atoms with Crippen LogP contribution in [0.25, 0.3) is 0 Å². The Morgan fingerprint density at radius 1 is 1.39 bits per heavy atom. The molecular weight excluding hydrogens is 254 g/mol. The fourth-order valence-corrected chi connectivity index (χ4v) is 3.11. The minimum absolute atomic E-state index is 0.171. The second kappa shape index (κ2) is 5.85. The number of likely N-dealkylation sites (tertiary alicyclic amines) is 1. The third-order valence-corrected chi connectivity index (χ3v) is 3.99. The quantitative estimate of drug-likeness (QED) is 0.335. The van der Waals surface area contributed by atoms with Gasteiger partial charge in [0.15, 0.2) is 6.29 Å². The highest BCUT2D eigenvalue weighted by Crippen LogP contribution is 2.37. The van der Waals surface area contributed by atoms with Crippen LogP contribution in [0, 0.1) is 16.7 Å². The molecule has 0 aromatic heterocycles. The van der Waals surface area contributed by atoms with Crippen molar-refractivity contribution in [2.75, 3.05) is 13.1 Å². The molecule has 18 heavy (non-hydrogen) atoms. The summed E-state index contributed by atoms with van der Waals surface area (Å²) in [5.41, 5.74) is 4.60. The van der Waals surface area contributed by atoms with E-state index in [0.29, 0.717) is 11.8 Å². The Labute approximate surface area is 111 Å². The summed E-state index contributed by atoms with van der Waals surface area (Å²) in [4.78, 5) is 23.9. The molecule has 2 rings (SSSR count). The molecule has 7 nitrogen and oxygen atoms in total. The lowest BCUT2D eigenvalue weighted by atomic mass is 10.0. The van der Waals surface area contributed by atoms with Crippen molar-refractivity contribution in [2.45, 2.75) is 31.0 Å². The zero-order chi connectivity index (χ0) is 13.1. The molecule has 4 atom stereocenters. The fourth-order valence-electron chi connectivity index (χ4n) is 2.84. The smallest absolute Gasteiger partial charge is 0.319 e. The summed E-state index contributed by atoms with van der Waals surface area (Å²) >= 11 is 4.09. The van der Waals surface area contributed by atoms with Crippen LogP contribution >= 0.6 is 12.6 Å². The van der Waals surface area contributed by atoms with Gasteiger partial charge in [-0.1, -0.05) is 6.42 Å². The van der Waals surface area contributed by atoms with Gasteiger partial charge >= 0.3 is 6.03 Å². The molecule has 0 aromatic rings. The number of hydrogen-bond acceptors (Lipinski definition) is 6. The molecule has 1 aliphatic heterocycles. The predicted octanol–water partition coefficient (Wildman–Crippen LogP) is 0.240. The van der Waals surface area contributed by atoms with E-state index in [1.54, 1.807) is 4.90 Å². The lowest BCUT2D eigenvalue weighted by molar-refractivity contribution is 0.202. The van der Waals surface area contributed by atoms with Crippen LogP contribution in [0.2, 0.25) is 0 Å². The van der Waals surface area contributed by atoms with Crippen LogP contribution in [-0.2, 0) is 0 Å². The predicted molar refractivity (Wildman–Crippen MR) is 70.6 cm³/mol. The first-order valence-electron chi connectivity index (χ1n) is 6.17. The number of nitroso groups, excluding NO2 is 1. The minimum Gasteiger partial charge on any atom is -0.324 e. The van der Waals surface area contributed by atoms with Gasteiger partial charge in [0.05, 0.1) is 0 Å². The van der Waals surface area contributed by atoms with Gasteiger partial charge in [-0.15, -0.1) is 17.5 Å². The van der Waals surface area contributed by atoms with Crippen LogP contribution in [0.4, 0.5) is 4.79 Å². The highest BCUT2D eigenvalue weighted by molar-refractivity contribution is 7.80. The Hall–Kier alpha value is -0.860. The number of thiol groups is 1. The van der Waals surface area contributed by atoms with Crippen LogP contribution in [0.15, 0.2) is 5.18 Å². The van der Waals surface area contributed by atoms with Gasteiger partial charge in [0.1, 0.15) is 5.50 Å². The number of nitrogens with two attached hydrogens (primary N) is 1. The van der Waals surface area contributed by atoms with E-state index in [-0.39, 0.29) is 6.03 Å². The number of nitrogens with one attached hydrogen (secondary N) is 2. The second-order valence-electron chi connectivity index (χ2n) is 4.92. The number of rotatable bonds is 4. The molecule has 2 amide bonds. The van der Waals surface area contributed by atoms with Crippen LogP contribution in [0.1, 0.15) is 19.3 Å². The number of urea groups is 1. The zero-order valence-corrected chi connectivity index (χ0v) is 11.0. The first-order valence-corrected chi connectivity index (χ1v) is 6.69. The standard InChI is InChI=1S/C10H19N5O2S/c11-8(14-17)12-9(18)13-10(16)15-4-6-2-1-3-7(6)5-15/h6-9,12,18H,1-5,11H2,(H,13,16). The van der Waals surface area contributed by atoms with E-state index < -0.39 is 11.8 Å². The molecule has 0 aromatic carbocycles. The maximum Gasteiger partial charge on any atom is 0.319 e. The van der Waals surface area contributed by atoms with Gasteiger partial charge in [-0.25, -0.2) is 4.79 Å². The van der Waals surface area contributed by atoms with E-state index in [9.17, 15) is 9.70 Å². The highest BCUT2D eigenvalue weighted by Gasteiger charge is 2.38. The van der Waals surface area contributed by atoms with Crippen LogP contribution in [-0.4, -0.2) is 35.8 Å².